The first-order valence-corrected chi connectivity index (χ1v) is 17.7. The van der Waals surface area contributed by atoms with Gasteiger partial charge in [0.15, 0.2) is 0 Å². The van der Waals surface area contributed by atoms with Gasteiger partial charge in [-0.25, -0.2) is 0 Å². The molecule has 2 nitrogen and oxygen atoms in total. The molecular formula is C32H48O2S3. The fourth-order valence-corrected chi connectivity index (χ4v) is 7.14. The Kier molecular flexibility index (Phi) is 19.9. The zero-order valence-electron chi connectivity index (χ0n) is 22.9. The van der Waals surface area contributed by atoms with Crippen molar-refractivity contribution in [3.8, 4) is 0 Å². The van der Waals surface area contributed by atoms with Crippen LogP contribution in [0.2, 0.25) is 0 Å². The van der Waals surface area contributed by atoms with Crippen molar-refractivity contribution in [3.05, 3.63) is 71.8 Å². The zero-order valence-corrected chi connectivity index (χ0v) is 25.4. The minimum Gasteiger partial charge on any atom is -0.461 e. The van der Waals surface area contributed by atoms with Crippen molar-refractivity contribution in [1.82, 2.24) is 0 Å². The molecule has 0 atom stereocenters. The molecule has 0 N–H and O–H groups in total. The summed E-state index contributed by atoms with van der Waals surface area (Å²) in [6.07, 6.45) is 14.2. The minimum absolute atomic E-state index is 0.0399. The van der Waals surface area contributed by atoms with Gasteiger partial charge in [0.05, 0.1) is 6.42 Å². The maximum Gasteiger partial charge on any atom is 0.306 e. The number of esters is 1. The normalized spacial score (nSPS) is 11.2. The summed E-state index contributed by atoms with van der Waals surface area (Å²) in [5, 5.41) is 0. The highest BCUT2D eigenvalue weighted by molar-refractivity contribution is 7.99. The fourth-order valence-electron chi connectivity index (χ4n) is 4.08. The van der Waals surface area contributed by atoms with Gasteiger partial charge >= 0.3 is 5.97 Å². The third-order valence-electron chi connectivity index (χ3n) is 6.22. The predicted octanol–water partition coefficient (Wildman–Crippen LogP) is 9.81. The lowest BCUT2D eigenvalue weighted by molar-refractivity contribution is -0.146. The first kappa shape index (κ1) is 32.2. The molecule has 0 fully saturated rings. The Morgan fingerprint density at radius 3 is 1.65 bits per heavy atom. The lowest BCUT2D eigenvalue weighted by Crippen LogP contribution is -2.23. The monoisotopic (exact) mass is 560 g/mol. The molecular weight excluding hydrogens is 513 g/mol. The zero-order chi connectivity index (χ0) is 26.2. The van der Waals surface area contributed by atoms with Crippen LogP contribution >= 0.6 is 35.3 Å². The Morgan fingerprint density at radius 2 is 1.14 bits per heavy atom. The van der Waals surface area contributed by atoms with Crippen molar-refractivity contribution >= 4 is 41.3 Å². The molecule has 2 aromatic rings. The molecule has 0 aliphatic rings. The summed E-state index contributed by atoms with van der Waals surface area (Å²) in [4.78, 5) is 12.6. The topological polar surface area (TPSA) is 26.3 Å². The molecule has 0 radical (unpaired) electrons. The second-order valence-corrected chi connectivity index (χ2v) is 12.9. The molecule has 0 aliphatic carbocycles. The molecule has 0 heterocycles. The van der Waals surface area contributed by atoms with Gasteiger partial charge in [0.25, 0.3) is 0 Å². The van der Waals surface area contributed by atoms with Crippen LogP contribution in [0.15, 0.2) is 60.7 Å². The smallest absolute Gasteiger partial charge is 0.306 e. The van der Waals surface area contributed by atoms with Crippen LogP contribution in [0.25, 0.3) is 0 Å². The van der Waals surface area contributed by atoms with Crippen LogP contribution in [0, 0.1) is 0 Å². The predicted molar refractivity (Wildman–Crippen MR) is 169 cm³/mol. The highest BCUT2D eigenvalue weighted by Crippen LogP contribution is 2.20. The Balaban J connectivity index is 1.56. The Labute approximate surface area is 239 Å². The van der Waals surface area contributed by atoms with Crippen LogP contribution in [-0.4, -0.2) is 35.1 Å². The number of unbranched alkanes of at least 4 members (excludes halogenated alkanes) is 9. The molecule has 0 saturated carbocycles. The highest BCUT2D eigenvalue weighted by atomic mass is 32.2. The summed E-state index contributed by atoms with van der Waals surface area (Å²) in [6, 6.07) is 21.0. The van der Waals surface area contributed by atoms with Crippen molar-refractivity contribution < 1.29 is 9.53 Å². The molecule has 0 amide bonds. The lowest BCUT2D eigenvalue weighted by Gasteiger charge is -2.18. The fraction of sp³-hybridized carbons (Fsp3) is 0.594. The van der Waals surface area contributed by atoms with Gasteiger partial charge in [0.2, 0.25) is 0 Å². The first-order chi connectivity index (χ1) is 18.3. The van der Waals surface area contributed by atoms with Crippen LogP contribution in [0.5, 0.6) is 0 Å². The molecule has 0 aliphatic heterocycles. The second-order valence-electron chi connectivity index (χ2n) is 9.66. The molecule has 206 valence electrons. The molecule has 0 aromatic heterocycles. The van der Waals surface area contributed by atoms with E-state index in [9.17, 15) is 4.79 Å². The quantitative estimate of drug-likeness (QED) is 0.0995. The standard InChI is InChI=1S/C32H48O2S3/c1-2-3-4-5-6-7-8-9-10-17-23-35-24-22-32(33)34-31(27-36-25-29-18-13-11-14-19-29)28-37-26-30-20-15-12-16-21-30/h11-16,18-21,31H,2-10,17,22-28H2,1H3. The van der Waals surface area contributed by atoms with E-state index < -0.39 is 0 Å². The molecule has 0 unspecified atom stereocenters. The molecule has 2 aromatic carbocycles. The third-order valence-corrected chi connectivity index (χ3v) is 9.58. The van der Waals surface area contributed by atoms with E-state index in [1.807, 2.05) is 47.4 Å². The van der Waals surface area contributed by atoms with E-state index in [1.54, 1.807) is 0 Å². The van der Waals surface area contributed by atoms with E-state index in [4.69, 9.17) is 4.74 Å². The van der Waals surface area contributed by atoms with Gasteiger partial charge < -0.3 is 4.74 Å². The molecule has 37 heavy (non-hydrogen) atoms. The molecule has 0 saturated heterocycles. The Hall–Kier alpha value is -1.04. The van der Waals surface area contributed by atoms with Crippen molar-refractivity contribution in [3.63, 3.8) is 0 Å². The summed E-state index contributed by atoms with van der Waals surface area (Å²) < 4.78 is 5.94. The van der Waals surface area contributed by atoms with Crippen LogP contribution in [0.3, 0.4) is 0 Å². The molecule has 0 bridgehead atoms. The van der Waals surface area contributed by atoms with E-state index >= 15 is 0 Å². The average Bonchev–Trinajstić information content (AvgIpc) is 2.92. The summed E-state index contributed by atoms with van der Waals surface area (Å²) in [5.41, 5.74) is 2.63. The van der Waals surface area contributed by atoms with Crippen LogP contribution < -0.4 is 0 Å². The summed E-state index contributed by atoms with van der Waals surface area (Å²) >= 11 is 5.61. The van der Waals surface area contributed by atoms with Crippen LogP contribution in [0.1, 0.15) is 88.7 Å². The number of hydrogen-bond donors (Lipinski definition) is 0. The van der Waals surface area contributed by atoms with E-state index in [-0.39, 0.29) is 12.1 Å². The number of carbonyl (C=O) groups is 1. The van der Waals surface area contributed by atoms with Crippen LogP contribution in [0.4, 0.5) is 0 Å². The number of thioether (sulfide) groups is 3. The van der Waals surface area contributed by atoms with Gasteiger partial charge in [-0.3, -0.25) is 4.79 Å². The Bertz CT molecular complexity index is 740. The van der Waals surface area contributed by atoms with Crippen LogP contribution in [-0.2, 0) is 21.0 Å². The van der Waals surface area contributed by atoms with E-state index in [0.29, 0.717) is 6.42 Å². The number of ether oxygens (including phenoxy) is 1. The number of rotatable bonds is 23. The van der Waals surface area contributed by atoms with Crippen molar-refractivity contribution in [2.45, 2.75) is 95.2 Å². The van der Waals surface area contributed by atoms with E-state index in [2.05, 4.69) is 55.5 Å². The molecule has 0 spiro atoms. The number of carbonyl (C=O) groups excluding carboxylic acids is 1. The minimum atomic E-state index is -0.0406. The van der Waals surface area contributed by atoms with Crippen molar-refractivity contribution in [1.29, 1.82) is 0 Å². The van der Waals surface area contributed by atoms with Gasteiger partial charge in [0.1, 0.15) is 6.10 Å². The maximum atomic E-state index is 12.6. The largest absolute Gasteiger partial charge is 0.461 e. The van der Waals surface area contributed by atoms with E-state index in [0.717, 1.165) is 34.5 Å². The number of hydrogen-bond acceptors (Lipinski definition) is 5. The lowest BCUT2D eigenvalue weighted by atomic mass is 10.1. The number of benzene rings is 2. The average molecular weight is 561 g/mol. The first-order valence-electron chi connectivity index (χ1n) is 14.3. The van der Waals surface area contributed by atoms with Crippen molar-refractivity contribution in [2.24, 2.45) is 0 Å². The van der Waals surface area contributed by atoms with Gasteiger partial charge in [-0.1, -0.05) is 125 Å². The van der Waals surface area contributed by atoms with Gasteiger partial charge in [-0.05, 0) is 23.3 Å². The maximum absolute atomic E-state index is 12.6. The molecule has 5 heteroatoms. The second kappa shape index (κ2) is 22.9. The van der Waals surface area contributed by atoms with Gasteiger partial charge in [-0.15, -0.1) is 0 Å². The SMILES string of the molecule is CCCCCCCCCCCCSCCC(=O)OC(CSCc1ccccc1)CSCc1ccccc1. The third kappa shape index (κ3) is 18.0. The Morgan fingerprint density at radius 1 is 0.649 bits per heavy atom. The summed E-state index contributed by atoms with van der Waals surface area (Å²) in [6.45, 7) is 2.28. The molecule has 2 rings (SSSR count). The van der Waals surface area contributed by atoms with Gasteiger partial charge in [0, 0.05) is 28.8 Å². The van der Waals surface area contributed by atoms with Gasteiger partial charge in [-0.2, -0.15) is 35.3 Å². The highest BCUT2D eigenvalue weighted by Gasteiger charge is 2.15. The van der Waals surface area contributed by atoms with Crippen molar-refractivity contribution in [2.75, 3.05) is 23.0 Å². The summed E-state index contributed by atoms with van der Waals surface area (Å²) in [7, 11) is 0. The van der Waals surface area contributed by atoms with E-state index in [1.165, 1.54) is 75.3 Å². The summed E-state index contributed by atoms with van der Waals surface area (Å²) in [5.74, 6) is 5.58.